The number of nitrogens with zero attached hydrogens (tertiary/aromatic N) is 1. The average molecular weight is 346 g/mol. The molecule has 0 aromatic heterocycles. The molecule has 0 heterocycles. The Morgan fingerprint density at radius 3 is 2.30 bits per heavy atom. The van der Waals surface area contributed by atoms with Crippen LogP contribution in [0.25, 0.3) is 0 Å². The molecule has 0 saturated heterocycles. The van der Waals surface area contributed by atoms with Crippen molar-refractivity contribution in [3.63, 3.8) is 0 Å². The summed E-state index contributed by atoms with van der Waals surface area (Å²) in [6.07, 6.45) is 7.62. The molecule has 0 fully saturated rings. The zero-order valence-electron chi connectivity index (χ0n) is 15.7. The van der Waals surface area contributed by atoms with Crippen LogP contribution in [0.3, 0.4) is 0 Å². The number of carbonyl (C=O) groups is 2. The summed E-state index contributed by atoms with van der Waals surface area (Å²) < 4.78 is 4.71. The van der Waals surface area contributed by atoms with Crippen molar-refractivity contribution >= 4 is 24.5 Å². The van der Waals surface area contributed by atoms with E-state index in [9.17, 15) is 9.59 Å². The quantitative estimate of drug-likeness (QED) is 0.349. The lowest BCUT2D eigenvalue weighted by Gasteiger charge is -2.32. The van der Waals surface area contributed by atoms with Gasteiger partial charge in [-0.25, -0.2) is 4.79 Å². The van der Waals surface area contributed by atoms with Crippen molar-refractivity contribution in [2.75, 3.05) is 14.2 Å². The van der Waals surface area contributed by atoms with E-state index in [1.807, 2.05) is 13.8 Å². The van der Waals surface area contributed by atoms with Gasteiger partial charge in [-0.3, -0.25) is 4.79 Å². The van der Waals surface area contributed by atoms with E-state index in [4.69, 9.17) is 4.74 Å². The smallest absolute Gasteiger partial charge is 0.328 e. The van der Waals surface area contributed by atoms with E-state index in [1.165, 1.54) is 24.9 Å². The van der Waals surface area contributed by atoms with Crippen LogP contribution in [0.5, 0.6) is 0 Å². The van der Waals surface area contributed by atoms with Gasteiger partial charge in [0.15, 0.2) is 0 Å². The van der Waals surface area contributed by atoms with E-state index >= 15 is 0 Å². The van der Waals surface area contributed by atoms with E-state index in [2.05, 4.69) is 19.6 Å². The largest absolute Gasteiger partial charge is 0.467 e. The summed E-state index contributed by atoms with van der Waals surface area (Å²) in [5.41, 5.74) is -0.458. The van der Waals surface area contributed by atoms with Gasteiger partial charge in [0.2, 0.25) is 5.91 Å². The first-order valence-corrected chi connectivity index (χ1v) is 9.22. The lowest BCUT2D eigenvalue weighted by molar-refractivity contribution is -0.154. The normalized spacial score (nSPS) is 14.2. The van der Waals surface area contributed by atoms with Crippen LogP contribution in [-0.4, -0.2) is 42.2 Å². The maximum atomic E-state index is 12.6. The molecule has 0 aliphatic heterocycles. The fourth-order valence-corrected chi connectivity index (χ4v) is 3.13. The molecule has 0 aromatic rings. The average Bonchev–Trinajstić information content (AvgIpc) is 2.51. The molecular formula is C18H35NO3S. The minimum atomic E-state index is -0.550. The second kappa shape index (κ2) is 11.0. The number of methoxy groups -OCH3 is 1. The van der Waals surface area contributed by atoms with Gasteiger partial charge in [-0.05, 0) is 26.2 Å². The first-order valence-electron chi connectivity index (χ1n) is 8.70. The first kappa shape index (κ1) is 22.3. The Morgan fingerprint density at radius 1 is 1.17 bits per heavy atom. The lowest BCUT2D eigenvalue weighted by Crippen LogP contribution is -2.46. The Kier molecular flexibility index (Phi) is 10.6. The van der Waals surface area contributed by atoms with Gasteiger partial charge < -0.3 is 9.64 Å². The zero-order chi connectivity index (χ0) is 18.0. The van der Waals surface area contributed by atoms with Gasteiger partial charge in [0.25, 0.3) is 0 Å². The van der Waals surface area contributed by atoms with Gasteiger partial charge in [0.05, 0.1) is 7.11 Å². The molecule has 0 saturated carbocycles. The Hall–Kier alpha value is -0.710. The zero-order valence-corrected chi connectivity index (χ0v) is 16.6. The number of esters is 1. The van der Waals surface area contributed by atoms with Crippen molar-refractivity contribution in [3.05, 3.63) is 0 Å². The second-order valence-electron chi connectivity index (χ2n) is 7.04. The Bertz CT molecular complexity index is 371. The summed E-state index contributed by atoms with van der Waals surface area (Å²) in [6, 6.07) is -0.550. The molecule has 0 rings (SSSR count). The SMILES string of the molecule is CCCC(S)CCCCCC(C)(C)C(=O)N(C)C(C)C(=O)OC. The molecule has 0 radical (unpaired) electrons. The van der Waals surface area contributed by atoms with E-state index < -0.39 is 11.5 Å². The van der Waals surface area contributed by atoms with Crippen LogP contribution in [0.4, 0.5) is 0 Å². The van der Waals surface area contributed by atoms with Crippen LogP contribution in [-0.2, 0) is 14.3 Å². The highest BCUT2D eigenvalue weighted by molar-refractivity contribution is 7.80. The van der Waals surface area contributed by atoms with Gasteiger partial charge in [-0.1, -0.05) is 46.5 Å². The molecule has 1 amide bonds. The number of hydrogen-bond acceptors (Lipinski definition) is 4. The van der Waals surface area contributed by atoms with E-state index in [-0.39, 0.29) is 11.9 Å². The predicted octanol–water partition coefficient (Wildman–Crippen LogP) is 4.08. The number of unbranched alkanes of at least 4 members (excludes halogenated alkanes) is 2. The molecular weight excluding hydrogens is 310 g/mol. The van der Waals surface area contributed by atoms with E-state index in [0.29, 0.717) is 5.25 Å². The number of amides is 1. The minimum Gasteiger partial charge on any atom is -0.467 e. The summed E-state index contributed by atoms with van der Waals surface area (Å²) >= 11 is 4.58. The van der Waals surface area contributed by atoms with Crippen LogP contribution in [0, 0.1) is 5.41 Å². The fraction of sp³-hybridized carbons (Fsp3) is 0.889. The van der Waals surface area contributed by atoms with Crippen LogP contribution in [0.1, 0.15) is 72.6 Å². The summed E-state index contributed by atoms with van der Waals surface area (Å²) in [6.45, 7) is 7.78. The van der Waals surface area contributed by atoms with Crippen LogP contribution < -0.4 is 0 Å². The molecule has 0 aliphatic carbocycles. The molecule has 0 aliphatic rings. The van der Waals surface area contributed by atoms with Crippen molar-refractivity contribution < 1.29 is 14.3 Å². The maximum Gasteiger partial charge on any atom is 0.328 e. The van der Waals surface area contributed by atoms with Crippen molar-refractivity contribution in [2.24, 2.45) is 5.41 Å². The molecule has 23 heavy (non-hydrogen) atoms. The van der Waals surface area contributed by atoms with E-state index in [1.54, 1.807) is 14.0 Å². The predicted molar refractivity (Wildman–Crippen MR) is 98.8 cm³/mol. The number of carbonyl (C=O) groups excluding carboxylic acids is 2. The van der Waals surface area contributed by atoms with E-state index in [0.717, 1.165) is 32.1 Å². The fourth-order valence-electron chi connectivity index (χ4n) is 2.69. The van der Waals surface area contributed by atoms with Gasteiger partial charge >= 0.3 is 5.97 Å². The molecule has 0 bridgehead atoms. The Morgan fingerprint density at radius 2 is 1.78 bits per heavy atom. The van der Waals surface area contributed by atoms with Crippen LogP contribution in [0.15, 0.2) is 0 Å². The number of likely N-dealkylation sites (N-methyl/N-ethyl adjacent to an activating group) is 1. The molecule has 2 atom stereocenters. The van der Waals surface area contributed by atoms with Crippen molar-refractivity contribution in [3.8, 4) is 0 Å². The maximum absolute atomic E-state index is 12.6. The van der Waals surface area contributed by atoms with Crippen molar-refractivity contribution in [1.29, 1.82) is 0 Å². The summed E-state index contributed by atoms with van der Waals surface area (Å²) in [7, 11) is 3.01. The highest BCUT2D eigenvalue weighted by Gasteiger charge is 2.34. The highest BCUT2D eigenvalue weighted by atomic mass is 32.1. The summed E-state index contributed by atoms with van der Waals surface area (Å²) in [4.78, 5) is 25.7. The summed E-state index contributed by atoms with van der Waals surface area (Å²) in [5, 5.41) is 0.502. The minimum absolute atomic E-state index is 0.00606. The number of hydrogen-bond donors (Lipinski definition) is 1. The third-order valence-corrected chi connectivity index (χ3v) is 5.00. The van der Waals surface area contributed by atoms with Gasteiger partial charge in [-0.15, -0.1) is 0 Å². The lowest BCUT2D eigenvalue weighted by atomic mass is 9.85. The van der Waals surface area contributed by atoms with Crippen molar-refractivity contribution in [1.82, 2.24) is 4.90 Å². The van der Waals surface area contributed by atoms with Gasteiger partial charge in [-0.2, -0.15) is 12.6 Å². The Balaban J connectivity index is 4.25. The topological polar surface area (TPSA) is 46.6 Å². The third kappa shape index (κ3) is 8.09. The van der Waals surface area contributed by atoms with Crippen LogP contribution in [0.2, 0.25) is 0 Å². The second-order valence-corrected chi connectivity index (χ2v) is 7.77. The standard InChI is InChI=1S/C18H35NO3S/c1-7-11-15(23)12-9-8-10-13-18(3,4)17(21)19(5)14(2)16(20)22-6/h14-15,23H,7-13H2,1-6H3. The molecule has 5 heteroatoms. The number of ether oxygens (including phenoxy) is 1. The highest BCUT2D eigenvalue weighted by Crippen LogP contribution is 2.27. The molecule has 136 valence electrons. The monoisotopic (exact) mass is 345 g/mol. The summed E-state index contributed by atoms with van der Waals surface area (Å²) in [5.74, 6) is -0.388. The molecule has 4 nitrogen and oxygen atoms in total. The van der Waals surface area contributed by atoms with Crippen molar-refractivity contribution in [2.45, 2.75) is 83.9 Å². The molecule has 2 unspecified atom stereocenters. The van der Waals surface area contributed by atoms with Gasteiger partial charge in [0.1, 0.15) is 6.04 Å². The number of thiol groups is 1. The van der Waals surface area contributed by atoms with Gasteiger partial charge in [0, 0.05) is 17.7 Å². The third-order valence-electron chi connectivity index (χ3n) is 4.48. The Labute approximate surface area is 147 Å². The molecule has 0 N–H and O–H groups in total. The molecule has 0 aromatic carbocycles. The molecule has 0 spiro atoms. The van der Waals surface area contributed by atoms with Crippen LogP contribution >= 0.6 is 12.6 Å². The first-order chi connectivity index (χ1) is 10.7. The number of rotatable bonds is 11.